The summed E-state index contributed by atoms with van der Waals surface area (Å²) in [6.45, 7) is 3.66. The number of nitro benzene ring substituents is 1. The highest BCUT2D eigenvalue weighted by molar-refractivity contribution is 5.63. The Balaban J connectivity index is 2.41. The first-order valence-corrected chi connectivity index (χ1v) is 5.73. The molecule has 0 heterocycles. The number of anilines is 1. The van der Waals surface area contributed by atoms with Crippen LogP contribution in [0.3, 0.4) is 0 Å². The summed E-state index contributed by atoms with van der Waals surface area (Å²) in [6.07, 6.45) is 1.98. The van der Waals surface area contributed by atoms with Crippen molar-refractivity contribution in [2.24, 2.45) is 5.92 Å². The van der Waals surface area contributed by atoms with Crippen LogP contribution in [0, 0.1) is 27.7 Å². The zero-order chi connectivity index (χ0) is 13.5. The van der Waals surface area contributed by atoms with Crippen LogP contribution in [0.15, 0.2) is 12.1 Å². The monoisotopic (exact) mass is 256 g/mol. The Hall–Kier alpha value is -1.72. The number of hydrogen-bond donors (Lipinski definition) is 1. The zero-order valence-corrected chi connectivity index (χ0v) is 10.2. The Kier molecular flexibility index (Phi) is 2.96. The Morgan fingerprint density at radius 2 is 2.00 bits per heavy atom. The summed E-state index contributed by atoms with van der Waals surface area (Å²) >= 11 is 0. The van der Waals surface area contributed by atoms with Crippen molar-refractivity contribution >= 4 is 11.4 Å². The van der Waals surface area contributed by atoms with Crippen molar-refractivity contribution in [2.75, 3.05) is 5.32 Å². The van der Waals surface area contributed by atoms with E-state index in [-0.39, 0.29) is 5.69 Å². The van der Waals surface area contributed by atoms with Crippen LogP contribution < -0.4 is 5.32 Å². The van der Waals surface area contributed by atoms with Gasteiger partial charge in [0, 0.05) is 11.6 Å². The summed E-state index contributed by atoms with van der Waals surface area (Å²) in [5.41, 5.74) is -1.29. The molecule has 1 aromatic rings. The molecule has 0 aromatic heterocycles. The number of nitro groups is 1. The number of benzene rings is 1. The van der Waals surface area contributed by atoms with Gasteiger partial charge in [-0.3, -0.25) is 10.1 Å². The smallest absolute Gasteiger partial charge is 0.295 e. The van der Waals surface area contributed by atoms with Crippen LogP contribution in [-0.2, 0) is 0 Å². The molecule has 1 fully saturated rings. The van der Waals surface area contributed by atoms with Crippen molar-refractivity contribution in [1.82, 2.24) is 0 Å². The number of nitrogens with zero attached hydrogens (tertiary/aromatic N) is 1. The first-order chi connectivity index (χ1) is 8.33. The van der Waals surface area contributed by atoms with Crippen LogP contribution in [0.5, 0.6) is 0 Å². The topological polar surface area (TPSA) is 55.2 Å². The van der Waals surface area contributed by atoms with Gasteiger partial charge in [-0.25, -0.2) is 8.78 Å². The minimum absolute atomic E-state index is 0.333. The molecular formula is C12H14F2N2O2. The Bertz CT molecular complexity index is 499. The van der Waals surface area contributed by atoms with E-state index in [4.69, 9.17) is 0 Å². The molecule has 0 atom stereocenters. The molecule has 6 heteroatoms. The van der Waals surface area contributed by atoms with Gasteiger partial charge in [-0.05, 0) is 38.7 Å². The average Bonchev–Trinajstić information content (AvgIpc) is 3.08. The highest BCUT2D eigenvalue weighted by atomic mass is 19.2. The lowest BCUT2D eigenvalue weighted by Crippen LogP contribution is -2.34. The third kappa shape index (κ3) is 2.27. The van der Waals surface area contributed by atoms with Crippen LogP contribution in [0.4, 0.5) is 20.2 Å². The number of hydrogen-bond acceptors (Lipinski definition) is 3. The predicted octanol–water partition coefficient (Wildman–Crippen LogP) is 3.47. The highest BCUT2D eigenvalue weighted by Gasteiger charge is 2.39. The molecule has 1 aliphatic carbocycles. The molecule has 1 aliphatic rings. The van der Waals surface area contributed by atoms with E-state index >= 15 is 0 Å². The van der Waals surface area contributed by atoms with E-state index in [0.29, 0.717) is 5.92 Å². The number of nitrogens with one attached hydrogen (secondary N) is 1. The molecule has 0 spiro atoms. The van der Waals surface area contributed by atoms with Gasteiger partial charge in [0.1, 0.15) is 0 Å². The van der Waals surface area contributed by atoms with Gasteiger partial charge >= 0.3 is 0 Å². The normalized spacial score (nSPS) is 15.6. The maximum Gasteiger partial charge on any atom is 0.295 e. The molecule has 4 nitrogen and oxygen atoms in total. The van der Waals surface area contributed by atoms with Gasteiger partial charge in [0.15, 0.2) is 17.3 Å². The molecule has 0 bridgehead atoms. The van der Waals surface area contributed by atoms with Gasteiger partial charge in [-0.15, -0.1) is 0 Å². The summed E-state index contributed by atoms with van der Waals surface area (Å²) in [7, 11) is 0. The van der Waals surface area contributed by atoms with Crippen LogP contribution >= 0.6 is 0 Å². The molecule has 0 saturated heterocycles. The van der Waals surface area contributed by atoms with Crippen molar-refractivity contribution in [3.63, 3.8) is 0 Å². The molecule has 2 rings (SSSR count). The fourth-order valence-corrected chi connectivity index (χ4v) is 2.04. The van der Waals surface area contributed by atoms with Crippen molar-refractivity contribution in [3.05, 3.63) is 33.9 Å². The van der Waals surface area contributed by atoms with Crippen molar-refractivity contribution in [3.8, 4) is 0 Å². The van der Waals surface area contributed by atoms with Gasteiger partial charge in [0.2, 0.25) is 0 Å². The first-order valence-electron chi connectivity index (χ1n) is 5.73. The quantitative estimate of drug-likeness (QED) is 0.662. The van der Waals surface area contributed by atoms with E-state index in [1.807, 2.05) is 13.8 Å². The molecule has 18 heavy (non-hydrogen) atoms. The number of rotatable bonds is 4. The van der Waals surface area contributed by atoms with Gasteiger partial charge < -0.3 is 5.32 Å². The fraction of sp³-hybridized carbons (Fsp3) is 0.500. The summed E-state index contributed by atoms with van der Waals surface area (Å²) in [6, 6.07) is 1.74. The van der Waals surface area contributed by atoms with Crippen molar-refractivity contribution < 1.29 is 13.7 Å². The van der Waals surface area contributed by atoms with Gasteiger partial charge in [0.25, 0.3) is 5.69 Å². The van der Waals surface area contributed by atoms with Gasteiger partial charge in [0.05, 0.1) is 4.92 Å². The van der Waals surface area contributed by atoms with Crippen LogP contribution in [-0.4, -0.2) is 10.5 Å². The zero-order valence-electron chi connectivity index (χ0n) is 10.2. The molecule has 0 radical (unpaired) electrons. The Morgan fingerprint density at radius 3 is 2.50 bits per heavy atom. The van der Waals surface area contributed by atoms with E-state index in [2.05, 4.69) is 5.32 Å². The highest BCUT2D eigenvalue weighted by Crippen LogP contribution is 2.43. The molecule has 0 aliphatic heterocycles. The summed E-state index contributed by atoms with van der Waals surface area (Å²) in [5, 5.41) is 13.6. The standard InChI is InChI=1S/C12H14F2N2O2/c1-12(2,7-3-4-7)15-11-9(16(17)18)6-5-8(13)10(11)14/h5-7,15H,3-4H2,1-2H3. The van der Waals surface area contributed by atoms with E-state index in [1.54, 1.807) is 0 Å². The second-order valence-corrected chi connectivity index (χ2v) is 5.13. The SMILES string of the molecule is CC(C)(Nc1c([N+](=O)[O-])ccc(F)c1F)C1CC1. The summed E-state index contributed by atoms with van der Waals surface area (Å²) in [4.78, 5) is 10.1. The maximum atomic E-state index is 13.7. The van der Waals surface area contributed by atoms with E-state index < -0.39 is 27.8 Å². The molecule has 98 valence electrons. The van der Waals surface area contributed by atoms with Crippen LogP contribution in [0.2, 0.25) is 0 Å². The molecule has 1 saturated carbocycles. The lowest BCUT2D eigenvalue weighted by molar-refractivity contribution is -0.384. The van der Waals surface area contributed by atoms with Crippen LogP contribution in [0.1, 0.15) is 26.7 Å². The second kappa shape index (κ2) is 4.19. The third-order valence-electron chi connectivity index (χ3n) is 3.31. The summed E-state index contributed by atoms with van der Waals surface area (Å²) < 4.78 is 26.9. The van der Waals surface area contributed by atoms with Crippen molar-refractivity contribution in [1.29, 1.82) is 0 Å². The van der Waals surface area contributed by atoms with E-state index in [0.717, 1.165) is 25.0 Å². The third-order valence-corrected chi connectivity index (χ3v) is 3.31. The average molecular weight is 256 g/mol. The fourth-order valence-electron chi connectivity index (χ4n) is 2.04. The van der Waals surface area contributed by atoms with Gasteiger partial charge in [-0.1, -0.05) is 0 Å². The molecular weight excluding hydrogens is 242 g/mol. The van der Waals surface area contributed by atoms with Crippen molar-refractivity contribution in [2.45, 2.75) is 32.2 Å². The maximum absolute atomic E-state index is 13.7. The number of halogens is 2. The van der Waals surface area contributed by atoms with Gasteiger partial charge in [-0.2, -0.15) is 0 Å². The molecule has 1 aromatic carbocycles. The Morgan fingerprint density at radius 1 is 1.39 bits per heavy atom. The van der Waals surface area contributed by atoms with E-state index in [9.17, 15) is 18.9 Å². The molecule has 0 unspecified atom stereocenters. The largest absolute Gasteiger partial charge is 0.372 e. The first kappa shape index (κ1) is 12.7. The summed E-state index contributed by atoms with van der Waals surface area (Å²) in [5.74, 6) is -1.95. The lowest BCUT2D eigenvalue weighted by atomic mass is 9.98. The molecule has 0 amide bonds. The van der Waals surface area contributed by atoms with Crippen LogP contribution in [0.25, 0.3) is 0 Å². The Labute approximate surface area is 103 Å². The minimum Gasteiger partial charge on any atom is -0.372 e. The predicted molar refractivity (Wildman–Crippen MR) is 63.4 cm³/mol. The van der Waals surface area contributed by atoms with E-state index in [1.165, 1.54) is 0 Å². The lowest BCUT2D eigenvalue weighted by Gasteiger charge is -2.27. The minimum atomic E-state index is -1.20. The molecule has 1 N–H and O–H groups in total. The second-order valence-electron chi connectivity index (χ2n) is 5.13.